The molecule has 0 saturated carbocycles. The van der Waals surface area contributed by atoms with E-state index in [1.54, 1.807) is 24.1 Å². The SMILES string of the molecule is CC[C@H](C)N(CCC(=O)O)C(=O)c1cccc(COC)c1. The van der Waals surface area contributed by atoms with Crippen LogP contribution in [0.2, 0.25) is 0 Å². The fourth-order valence-corrected chi connectivity index (χ4v) is 2.09. The Labute approximate surface area is 125 Å². The van der Waals surface area contributed by atoms with E-state index in [0.29, 0.717) is 12.2 Å². The molecule has 1 rings (SSSR count). The molecular weight excluding hydrogens is 270 g/mol. The summed E-state index contributed by atoms with van der Waals surface area (Å²) in [6.07, 6.45) is 0.733. The fraction of sp³-hybridized carbons (Fsp3) is 0.500. The van der Waals surface area contributed by atoms with Gasteiger partial charge in [0.1, 0.15) is 0 Å². The average molecular weight is 293 g/mol. The minimum atomic E-state index is -0.899. The largest absolute Gasteiger partial charge is 0.481 e. The van der Waals surface area contributed by atoms with Crippen molar-refractivity contribution < 1.29 is 19.4 Å². The van der Waals surface area contributed by atoms with Gasteiger partial charge in [-0.25, -0.2) is 0 Å². The van der Waals surface area contributed by atoms with Crippen LogP contribution >= 0.6 is 0 Å². The van der Waals surface area contributed by atoms with E-state index in [-0.39, 0.29) is 24.9 Å². The van der Waals surface area contributed by atoms with Crippen molar-refractivity contribution in [2.75, 3.05) is 13.7 Å². The van der Waals surface area contributed by atoms with Crippen molar-refractivity contribution in [3.05, 3.63) is 35.4 Å². The summed E-state index contributed by atoms with van der Waals surface area (Å²) in [6, 6.07) is 7.25. The van der Waals surface area contributed by atoms with Gasteiger partial charge in [0, 0.05) is 25.3 Å². The highest BCUT2D eigenvalue weighted by molar-refractivity contribution is 5.94. The summed E-state index contributed by atoms with van der Waals surface area (Å²) in [5, 5.41) is 8.83. The number of benzene rings is 1. The van der Waals surface area contributed by atoms with Crippen LogP contribution in [0.25, 0.3) is 0 Å². The quantitative estimate of drug-likeness (QED) is 0.800. The zero-order valence-corrected chi connectivity index (χ0v) is 12.8. The minimum Gasteiger partial charge on any atom is -0.481 e. The normalized spacial score (nSPS) is 12.0. The fourth-order valence-electron chi connectivity index (χ4n) is 2.09. The first-order chi connectivity index (χ1) is 9.99. The van der Waals surface area contributed by atoms with E-state index >= 15 is 0 Å². The number of methoxy groups -OCH3 is 1. The van der Waals surface area contributed by atoms with Gasteiger partial charge in [-0.3, -0.25) is 9.59 Å². The Morgan fingerprint density at radius 3 is 2.67 bits per heavy atom. The molecule has 5 nitrogen and oxygen atoms in total. The van der Waals surface area contributed by atoms with Crippen molar-refractivity contribution in [2.45, 2.75) is 39.3 Å². The number of amides is 1. The molecule has 1 aromatic rings. The highest BCUT2D eigenvalue weighted by Crippen LogP contribution is 2.14. The molecule has 0 aromatic heterocycles. The maximum atomic E-state index is 12.6. The highest BCUT2D eigenvalue weighted by atomic mass is 16.5. The van der Waals surface area contributed by atoms with Crippen LogP contribution < -0.4 is 0 Å². The standard InChI is InChI=1S/C16H23NO4/c1-4-12(2)17(9-8-15(18)19)16(20)14-7-5-6-13(10-14)11-21-3/h5-7,10,12H,4,8-9,11H2,1-3H3,(H,18,19)/t12-/m0/s1. The summed E-state index contributed by atoms with van der Waals surface area (Å²) in [4.78, 5) is 25.0. The Hall–Kier alpha value is -1.88. The molecule has 21 heavy (non-hydrogen) atoms. The van der Waals surface area contributed by atoms with Crippen LogP contribution in [0.5, 0.6) is 0 Å². The molecule has 0 fully saturated rings. The summed E-state index contributed by atoms with van der Waals surface area (Å²) >= 11 is 0. The van der Waals surface area contributed by atoms with Gasteiger partial charge >= 0.3 is 5.97 Å². The summed E-state index contributed by atoms with van der Waals surface area (Å²) in [6.45, 7) is 4.57. The van der Waals surface area contributed by atoms with E-state index in [0.717, 1.165) is 12.0 Å². The number of nitrogens with zero attached hydrogens (tertiary/aromatic N) is 1. The van der Waals surface area contributed by atoms with Crippen LogP contribution in [0.4, 0.5) is 0 Å². The second-order valence-electron chi connectivity index (χ2n) is 5.03. The molecule has 0 spiro atoms. The van der Waals surface area contributed by atoms with Crippen LogP contribution in [0, 0.1) is 0 Å². The van der Waals surface area contributed by atoms with Gasteiger partial charge in [-0.2, -0.15) is 0 Å². The first-order valence-corrected chi connectivity index (χ1v) is 7.10. The topological polar surface area (TPSA) is 66.8 Å². The summed E-state index contributed by atoms with van der Waals surface area (Å²) < 4.78 is 5.07. The molecule has 0 aliphatic rings. The van der Waals surface area contributed by atoms with Crippen molar-refractivity contribution in [1.29, 1.82) is 0 Å². The lowest BCUT2D eigenvalue weighted by molar-refractivity contribution is -0.137. The lowest BCUT2D eigenvalue weighted by Crippen LogP contribution is -2.39. The molecule has 5 heteroatoms. The molecule has 0 bridgehead atoms. The summed E-state index contributed by atoms with van der Waals surface area (Å²) in [5.74, 6) is -1.03. The average Bonchev–Trinajstić information content (AvgIpc) is 2.47. The smallest absolute Gasteiger partial charge is 0.305 e. The first kappa shape index (κ1) is 17.2. The second-order valence-corrected chi connectivity index (χ2v) is 5.03. The molecule has 0 saturated heterocycles. The monoisotopic (exact) mass is 293 g/mol. The summed E-state index contributed by atoms with van der Waals surface area (Å²) in [5.41, 5.74) is 1.49. The number of rotatable bonds is 8. The number of carbonyl (C=O) groups is 2. The van der Waals surface area contributed by atoms with E-state index in [4.69, 9.17) is 9.84 Å². The van der Waals surface area contributed by atoms with Gasteiger partial charge < -0.3 is 14.7 Å². The Morgan fingerprint density at radius 2 is 2.10 bits per heavy atom. The molecule has 116 valence electrons. The lowest BCUT2D eigenvalue weighted by Gasteiger charge is -2.28. The number of carboxylic acid groups (broad SMARTS) is 1. The van der Waals surface area contributed by atoms with Crippen molar-refractivity contribution in [1.82, 2.24) is 4.90 Å². The van der Waals surface area contributed by atoms with Crippen LogP contribution in [0.1, 0.15) is 42.6 Å². The maximum absolute atomic E-state index is 12.6. The highest BCUT2D eigenvalue weighted by Gasteiger charge is 2.21. The third kappa shape index (κ3) is 5.19. The predicted molar refractivity (Wildman–Crippen MR) is 80.2 cm³/mol. The molecule has 0 aliphatic carbocycles. The van der Waals surface area contributed by atoms with E-state index in [1.807, 2.05) is 26.0 Å². The third-order valence-corrected chi connectivity index (χ3v) is 3.44. The van der Waals surface area contributed by atoms with E-state index in [1.165, 1.54) is 0 Å². The van der Waals surface area contributed by atoms with Crippen molar-refractivity contribution in [3.63, 3.8) is 0 Å². The van der Waals surface area contributed by atoms with Crippen molar-refractivity contribution >= 4 is 11.9 Å². The van der Waals surface area contributed by atoms with Crippen molar-refractivity contribution in [2.24, 2.45) is 0 Å². The molecule has 1 N–H and O–H groups in total. The van der Waals surface area contributed by atoms with E-state index < -0.39 is 5.97 Å². The van der Waals surface area contributed by atoms with Crippen molar-refractivity contribution in [3.8, 4) is 0 Å². The molecule has 0 aliphatic heterocycles. The first-order valence-electron chi connectivity index (χ1n) is 7.10. The molecule has 1 aromatic carbocycles. The van der Waals surface area contributed by atoms with Crippen LogP contribution in [0.15, 0.2) is 24.3 Å². The van der Waals surface area contributed by atoms with Crippen LogP contribution in [0.3, 0.4) is 0 Å². The number of ether oxygens (including phenoxy) is 1. The maximum Gasteiger partial charge on any atom is 0.305 e. The number of carboxylic acids is 1. The molecule has 1 atom stereocenters. The Balaban J connectivity index is 2.93. The number of hydrogen-bond acceptors (Lipinski definition) is 3. The zero-order chi connectivity index (χ0) is 15.8. The molecular formula is C16H23NO4. The molecule has 0 radical (unpaired) electrons. The molecule has 0 unspecified atom stereocenters. The lowest BCUT2D eigenvalue weighted by atomic mass is 10.1. The van der Waals surface area contributed by atoms with Gasteiger partial charge in [0.05, 0.1) is 13.0 Å². The second kappa shape index (κ2) is 8.42. The zero-order valence-electron chi connectivity index (χ0n) is 12.8. The van der Waals surface area contributed by atoms with E-state index in [9.17, 15) is 9.59 Å². The Kier molecular flexibility index (Phi) is 6.88. The Morgan fingerprint density at radius 1 is 1.38 bits per heavy atom. The van der Waals surface area contributed by atoms with Gasteiger partial charge in [-0.15, -0.1) is 0 Å². The van der Waals surface area contributed by atoms with Gasteiger partial charge in [-0.1, -0.05) is 19.1 Å². The van der Waals surface area contributed by atoms with Crippen LogP contribution in [-0.2, 0) is 16.1 Å². The van der Waals surface area contributed by atoms with Crippen LogP contribution in [-0.4, -0.2) is 41.6 Å². The van der Waals surface area contributed by atoms with Gasteiger partial charge in [0.25, 0.3) is 5.91 Å². The molecule has 1 amide bonds. The van der Waals surface area contributed by atoms with E-state index in [2.05, 4.69) is 0 Å². The number of aliphatic carboxylic acids is 1. The van der Waals surface area contributed by atoms with Gasteiger partial charge in [0.15, 0.2) is 0 Å². The number of hydrogen-bond donors (Lipinski definition) is 1. The number of carbonyl (C=O) groups excluding carboxylic acids is 1. The third-order valence-electron chi connectivity index (χ3n) is 3.44. The Bertz CT molecular complexity index is 487. The van der Waals surface area contributed by atoms with Gasteiger partial charge in [0.2, 0.25) is 0 Å². The molecule has 0 heterocycles. The predicted octanol–water partition coefficient (Wildman–Crippen LogP) is 2.55. The van der Waals surface area contributed by atoms with Gasteiger partial charge in [-0.05, 0) is 31.0 Å². The summed E-state index contributed by atoms with van der Waals surface area (Å²) in [7, 11) is 1.60. The minimum absolute atomic E-state index is 0.00271.